The molecule has 1 aromatic carbocycles. The van der Waals surface area contributed by atoms with Crippen molar-refractivity contribution in [1.29, 1.82) is 0 Å². The van der Waals surface area contributed by atoms with Gasteiger partial charge in [0.15, 0.2) is 0 Å². The summed E-state index contributed by atoms with van der Waals surface area (Å²) < 4.78 is 0. The van der Waals surface area contributed by atoms with E-state index in [9.17, 15) is 9.90 Å². The first-order valence-corrected chi connectivity index (χ1v) is 8.59. The van der Waals surface area contributed by atoms with Crippen LogP contribution in [-0.2, 0) is 6.54 Å². The predicted molar refractivity (Wildman–Crippen MR) is 84.7 cm³/mol. The lowest BCUT2D eigenvalue weighted by Gasteiger charge is -2.27. The van der Waals surface area contributed by atoms with Crippen LogP contribution in [0.1, 0.15) is 35.8 Å². The summed E-state index contributed by atoms with van der Waals surface area (Å²) in [6.45, 7) is 5.91. The smallest absolute Gasteiger partial charge is 0.124 e. The number of carboxylic acid groups (broad SMARTS) is 1. The van der Waals surface area contributed by atoms with Crippen molar-refractivity contribution in [3.8, 4) is 10.6 Å². The summed E-state index contributed by atoms with van der Waals surface area (Å²) in [6, 6.07) is 8.30. The number of hydrogen-bond acceptors (Lipinski definition) is 4. The van der Waals surface area contributed by atoms with Gasteiger partial charge < -0.3 is 14.8 Å². The highest BCUT2D eigenvalue weighted by Gasteiger charge is 2.18. The largest absolute Gasteiger partial charge is 0.543 e. The van der Waals surface area contributed by atoms with Gasteiger partial charge in [0.2, 0.25) is 0 Å². The summed E-state index contributed by atoms with van der Waals surface area (Å²) in [7, 11) is 0. The van der Waals surface area contributed by atoms with Gasteiger partial charge in [-0.2, -0.15) is 0 Å². The Hall–Kier alpha value is -1.72. The van der Waals surface area contributed by atoms with Gasteiger partial charge in [-0.1, -0.05) is 31.2 Å². The zero-order valence-electron chi connectivity index (χ0n) is 12.7. The second kappa shape index (κ2) is 6.58. The fourth-order valence-corrected chi connectivity index (χ4v) is 3.70. The molecular weight excluding hydrogens is 296 g/mol. The van der Waals surface area contributed by atoms with E-state index in [0.717, 1.165) is 23.0 Å². The summed E-state index contributed by atoms with van der Waals surface area (Å²) in [6.07, 6.45) is 2.64. The van der Waals surface area contributed by atoms with E-state index < -0.39 is 5.97 Å². The maximum absolute atomic E-state index is 10.8. The van der Waals surface area contributed by atoms with Gasteiger partial charge in [0.1, 0.15) is 11.6 Å². The van der Waals surface area contributed by atoms with Crippen LogP contribution in [0.3, 0.4) is 0 Å². The van der Waals surface area contributed by atoms with Gasteiger partial charge in [0, 0.05) is 16.5 Å². The lowest BCUT2D eigenvalue weighted by Crippen LogP contribution is -3.11. The van der Waals surface area contributed by atoms with Crippen LogP contribution >= 0.6 is 11.3 Å². The molecule has 0 unspecified atom stereocenters. The monoisotopic (exact) mass is 316 g/mol. The number of rotatable bonds is 4. The van der Waals surface area contributed by atoms with E-state index in [1.165, 1.54) is 48.2 Å². The number of piperidine rings is 1. The van der Waals surface area contributed by atoms with Crippen molar-refractivity contribution in [3.05, 3.63) is 40.9 Å². The Balaban J connectivity index is 1.65. The molecule has 116 valence electrons. The molecule has 1 aliphatic heterocycles. The van der Waals surface area contributed by atoms with Crippen LogP contribution in [0.25, 0.3) is 10.6 Å². The number of carboxylic acids is 1. The van der Waals surface area contributed by atoms with Crippen molar-refractivity contribution in [3.63, 3.8) is 0 Å². The second-order valence-electron chi connectivity index (χ2n) is 6.13. The van der Waals surface area contributed by atoms with Gasteiger partial charge in [0.25, 0.3) is 0 Å². The normalized spacial score (nSPS) is 21.7. The van der Waals surface area contributed by atoms with Crippen molar-refractivity contribution < 1.29 is 14.8 Å². The molecule has 5 heteroatoms. The van der Waals surface area contributed by atoms with E-state index in [1.807, 2.05) is 12.1 Å². The van der Waals surface area contributed by atoms with E-state index >= 15 is 0 Å². The minimum absolute atomic E-state index is 0.0101. The van der Waals surface area contributed by atoms with Crippen LogP contribution in [0.15, 0.2) is 29.6 Å². The molecular formula is C17H20N2O2S. The van der Waals surface area contributed by atoms with Crippen molar-refractivity contribution >= 4 is 17.3 Å². The zero-order chi connectivity index (χ0) is 15.5. The highest BCUT2D eigenvalue weighted by atomic mass is 32.1. The maximum atomic E-state index is 10.8. The third-order valence-corrected chi connectivity index (χ3v) is 5.24. The van der Waals surface area contributed by atoms with Gasteiger partial charge in [-0.3, -0.25) is 0 Å². The first-order chi connectivity index (χ1) is 10.6. The van der Waals surface area contributed by atoms with Crippen LogP contribution in [0.5, 0.6) is 0 Å². The molecule has 0 saturated carbocycles. The number of aromatic nitrogens is 1. The van der Waals surface area contributed by atoms with Gasteiger partial charge in [-0.25, -0.2) is 4.98 Å². The number of hydrogen-bond donors (Lipinski definition) is 1. The fourth-order valence-electron chi connectivity index (χ4n) is 2.90. The molecule has 1 N–H and O–H groups in total. The van der Waals surface area contributed by atoms with E-state index in [2.05, 4.69) is 24.0 Å². The molecule has 0 bridgehead atoms. The van der Waals surface area contributed by atoms with Crippen LogP contribution in [0.2, 0.25) is 0 Å². The van der Waals surface area contributed by atoms with E-state index in [1.54, 1.807) is 4.90 Å². The Morgan fingerprint density at radius 3 is 2.59 bits per heavy atom. The lowest BCUT2D eigenvalue weighted by atomic mass is 9.99. The number of aromatic carboxylic acids is 1. The van der Waals surface area contributed by atoms with Gasteiger partial charge in [0.05, 0.1) is 24.8 Å². The molecule has 1 aromatic heterocycles. The zero-order valence-corrected chi connectivity index (χ0v) is 13.5. The second-order valence-corrected chi connectivity index (χ2v) is 6.99. The molecule has 0 spiro atoms. The van der Waals surface area contributed by atoms with Crippen molar-refractivity contribution in [2.45, 2.75) is 26.3 Å². The molecule has 2 heterocycles. The van der Waals surface area contributed by atoms with Crippen molar-refractivity contribution in [1.82, 2.24) is 4.98 Å². The summed E-state index contributed by atoms with van der Waals surface area (Å²) in [4.78, 5) is 16.5. The number of thiazole rings is 1. The molecule has 3 rings (SSSR count). The third kappa shape index (κ3) is 3.54. The quantitative estimate of drug-likeness (QED) is 0.915. The number of benzene rings is 1. The molecule has 1 saturated heterocycles. The molecule has 22 heavy (non-hydrogen) atoms. The van der Waals surface area contributed by atoms with Crippen molar-refractivity contribution in [2.75, 3.05) is 13.1 Å². The van der Waals surface area contributed by atoms with E-state index in [-0.39, 0.29) is 5.69 Å². The molecule has 4 nitrogen and oxygen atoms in total. The van der Waals surface area contributed by atoms with Crippen LogP contribution in [0.4, 0.5) is 0 Å². The average molecular weight is 316 g/mol. The minimum atomic E-state index is -1.22. The summed E-state index contributed by atoms with van der Waals surface area (Å²) in [5.74, 6) is -0.351. The average Bonchev–Trinajstić information content (AvgIpc) is 3.00. The Morgan fingerprint density at radius 1 is 1.32 bits per heavy atom. The minimum Gasteiger partial charge on any atom is -0.543 e. The highest BCUT2D eigenvalue weighted by molar-refractivity contribution is 7.13. The molecule has 0 aliphatic carbocycles. The van der Waals surface area contributed by atoms with Crippen molar-refractivity contribution in [2.24, 2.45) is 5.92 Å². The molecule has 0 amide bonds. The Kier molecular flexibility index (Phi) is 4.55. The van der Waals surface area contributed by atoms with Crippen LogP contribution in [-0.4, -0.2) is 24.0 Å². The Labute approximate surface area is 134 Å². The summed E-state index contributed by atoms with van der Waals surface area (Å²) >= 11 is 1.34. The molecule has 1 aliphatic rings. The van der Waals surface area contributed by atoms with E-state index in [4.69, 9.17) is 0 Å². The van der Waals surface area contributed by atoms with E-state index in [0.29, 0.717) is 0 Å². The van der Waals surface area contributed by atoms with Crippen LogP contribution < -0.4 is 10.0 Å². The topological polar surface area (TPSA) is 57.5 Å². The summed E-state index contributed by atoms with van der Waals surface area (Å²) in [5.41, 5.74) is 2.30. The maximum Gasteiger partial charge on any atom is 0.124 e. The predicted octanol–water partition coefficient (Wildman–Crippen LogP) is 0.988. The Bertz CT molecular complexity index is 643. The SMILES string of the molecule is CC1CC[NH+](Cc2ccc(-c3nc(C(=O)[O-])cs3)cc2)CC1. The summed E-state index contributed by atoms with van der Waals surface area (Å²) in [5, 5.41) is 13.0. The lowest BCUT2D eigenvalue weighted by molar-refractivity contribution is -0.919. The van der Waals surface area contributed by atoms with Gasteiger partial charge in [-0.15, -0.1) is 11.3 Å². The number of nitrogens with one attached hydrogen (secondary N) is 1. The number of likely N-dealkylation sites (tertiary alicyclic amines) is 1. The molecule has 1 fully saturated rings. The molecule has 0 radical (unpaired) electrons. The molecule has 0 atom stereocenters. The number of nitrogens with zero attached hydrogens (tertiary/aromatic N) is 1. The van der Waals surface area contributed by atoms with Crippen LogP contribution in [0, 0.1) is 5.92 Å². The highest BCUT2D eigenvalue weighted by Crippen LogP contribution is 2.23. The first kappa shape index (κ1) is 15.2. The number of carbonyl (C=O) groups is 1. The van der Waals surface area contributed by atoms with Gasteiger partial charge >= 0.3 is 0 Å². The first-order valence-electron chi connectivity index (χ1n) is 7.71. The number of carbonyl (C=O) groups excluding carboxylic acids is 1. The fraction of sp³-hybridized carbons (Fsp3) is 0.412. The molecule has 2 aromatic rings. The standard InChI is InChI=1S/C17H20N2O2S/c1-12-6-8-19(9-7-12)10-13-2-4-14(5-3-13)16-18-15(11-22-16)17(20)21/h2-5,11-12H,6-10H2,1H3,(H,20,21). The number of quaternary nitrogens is 1. The third-order valence-electron chi connectivity index (χ3n) is 4.35. The van der Waals surface area contributed by atoms with Gasteiger partial charge in [-0.05, 0) is 18.8 Å². The Morgan fingerprint density at radius 2 is 2.00 bits per heavy atom.